The molecule has 0 saturated carbocycles. The van der Waals surface area contributed by atoms with Gasteiger partial charge in [-0.1, -0.05) is 18.2 Å². The first-order chi connectivity index (χ1) is 10.7. The number of aromatic nitrogens is 2. The van der Waals surface area contributed by atoms with E-state index in [1.54, 1.807) is 12.4 Å². The molecule has 1 atom stereocenters. The fraction of sp³-hybridized carbons (Fsp3) is 0.312. The molecule has 2 heterocycles. The normalized spacial score (nSPS) is 19.9. The van der Waals surface area contributed by atoms with Crippen molar-refractivity contribution >= 4 is 11.7 Å². The van der Waals surface area contributed by atoms with E-state index in [1.165, 1.54) is 0 Å². The standard InChI is InChI=1S/C16H19N5O/c1-3-22-13-7-5-4-6-12(13)16(10-17)14-15(19-9-8-18-14)20-11(2)21-16/h4-9H,3,10,17H2,1-2H3,(H,19,20,21). The molecule has 6 nitrogen and oxygen atoms in total. The molecule has 1 aromatic heterocycles. The van der Waals surface area contributed by atoms with Gasteiger partial charge in [-0.05, 0) is 19.9 Å². The first-order valence-corrected chi connectivity index (χ1v) is 7.28. The van der Waals surface area contributed by atoms with Crippen molar-refractivity contribution in [3.63, 3.8) is 0 Å². The number of ether oxygens (including phenoxy) is 1. The molecular weight excluding hydrogens is 278 g/mol. The van der Waals surface area contributed by atoms with Crippen LogP contribution >= 0.6 is 0 Å². The molecule has 0 bridgehead atoms. The molecule has 1 unspecified atom stereocenters. The smallest absolute Gasteiger partial charge is 0.155 e. The van der Waals surface area contributed by atoms with E-state index in [0.717, 1.165) is 22.8 Å². The number of aliphatic imine (C=N–C) groups is 1. The van der Waals surface area contributed by atoms with E-state index in [4.69, 9.17) is 15.5 Å². The molecule has 0 radical (unpaired) electrons. The largest absolute Gasteiger partial charge is 0.493 e. The topological polar surface area (TPSA) is 85.4 Å². The molecule has 1 aliphatic rings. The second kappa shape index (κ2) is 5.73. The Balaban J connectivity index is 2.26. The Morgan fingerprint density at radius 3 is 2.77 bits per heavy atom. The predicted molar refractivity (Wildman–Crippen MR) is 86.2 cm³/mol. The van der Waals surface area contributed by atoms with Gasteiger partial charge in [0.2, 0.25) is 0 Å². The summed E-state index contributed by atoms with van der Waals surface area (Å²) in [5.74, 6) is 2.21. The highest BCUT2D eigenvalue weighted by Gasteiger charge is 2.41. The van der Waals surface area contributed by atoms with Crippen LogP contribution in [-0.4, -0.2) is 29.0 Å². The summed E-state index contributed by atoms with van der Waals surface area (Å²) in [5.41, 5.74) is 6.99. The van der Waals surface area contributed by atoms with E-state index in [1.807, 2.05) is 38.1 Å². The van der Waals surface area contributed by atoms with Gasteiger partial charge in [-0.15, -0.1) is 0 Å². The molecule has 3 rings (SSSR count). The molecule has 22 heavy (non-hydrogen) atoms. The van der Waals surface area contributed by atoms with Crippen molar-refractivity contribution in [1.82, 2.24) is 9.97 Å². The molecule has 0 spiro atoms. The third-order valence-electron chi connectivity index (χ3n) is 3.68. The van der Waals surface area contributed by atoms with Gasteiger partial charge in [0.25, 0.3) is 0 Å². The highest BCUT2D eigenvalue weighted by atomic mass is 16.5. The highest BCUT2D eigenvalue weighted by Crippen LogP contribution is 2.41. The zero-order valence-corrected chi connectivity index (χ0v) is 12.7. The maximum absolute atomic E-state index is 6.15. The third-order valence-corrected chi connectivity index (χ3v) is 3.68. The Kier molecular flexibility index (Phi) is 3.77. The van der Waals surface area contributed by atoms with Crippen molar-refractivity contribution in [1.29, 1.82) is 0 Å². The van der Waals surface area contributed by atoms with Crippen molar-refractivity contribution in [3.05, 3.63) is 47.9 Å². The number of benzene rings is 1. The summed E-state index contributed by atoms with van der Waals surface area (Å²) >= 11 is 0. The second-order valence-corrected chi connectivity index (χ2v) is 5.07. The van der Waals surface area contributed by atoms with Crippen molar-refractivity contribution in [3.8, 4) is 5.75 Å². The van der Waals surface area contributed by atoms with Crippen molar-refractivity contribution in [2.45, 2.75) is 19.4 Å². The average Bonchev–Trinajstić information content (AvgIpc) is 2.55. The minimum absolute atomic E-state index is 0.280. The van der Waals surface area contributed by atoms with Gasteiger partial charge < -0.3 is 15.8 Å². The highest BCUT2D eigenvalue weighted by molar-refractivity contribution is 5.96. The SMILES string of the molecule is CCOc1ccccc1C1(CN)N=C(C)Nc2nccnc21. The molecule has 0 fully saturated rings. The lowest BCUT2D eigenvalue weighted by Crippen LogP contribution is -2.41. The lowest BCUT2D eigenvalue weighted by atomic mass is 9.85. The van der Waals surface area contributed by atoms with Crippen LogP contribution in [0, 0.1) is 0 Å². The first-order valence-electron chi connectivity index (χ1n) is 7.28. The number of nitrogens with zero attached hydrogens (tertiary/aromatic N) is 3. The molecule has 6 heteroatoms. The quantitative estimate of drug-likeness (QED) is 0.900. The van der Waals surface area contributed by atoms with Gasteiger partial charge in [0.15, 0.2) is 5.82 Å². The number of amidine groups is 1. The predicted octanol–water partition coefficient (Wildman–Crippen LogP) is 1.92. The van der Waals surface area contributed by atoms with Gasteiger partial charge in [-0.3, -0.25) is 9.98 Å². The molecule has 114 valence electrons. The summed E-state index contributed by atoms with van der Waals surface area (Å²) in [7, 11) is 0. The van der Waals surface area contributed by atoms with Gasteiger partial charge in [0, 0.05) is 24.5 Å². The van der Waals surface area contributed by atoms with E-state index in [2.05, 4.69) is 15.3 Å². The van der Waals surface area contributed by atoms with Gasteiger partial charge in [0.05, 0.1) is 6.61 Å². The number of para-hydroxylation sites is 1. The fourth-order valence-corrected chi connectivity index (χ4v) is 2.80. The van der Waals surface area contributed by atoms with Gasteiger partial charge in [-0.25, -0.2) is 4.98 Å². The van der Waals surface area contributed by atoms with Gasteiger partial charge >= 0.3 is 0 Å². The molecule has 0 aliphatic carbocycles. The van der Waals surface area contributed by atoms with Gasteiger partial charge in [0.1, 0.15) is 22.8 Å². The molecule has 2 aromatic rings. The van der Waals surface area contributed by atoms with Crippen molar-refractivity contribution in [2.75, 3.05) is 18.5 Å². The third kappa shape index (κ3) is 2.21. The lowest BCUT2D eigenvalue weighted by molar-refractivity contribution is 0.328. The van der Waals surface area contributed by atoms with Crippen LogP contribution in [0.1, 0.15) is 25.1 Å². The van der Waals surface area contributed by atoms with Crippen LogP contribution in [-0.2, 0) is 5.54 Å². The van der Waals surface area contributed by atoms with E-state index < -0.39 is 5.54 Å². The van der Waals surface area contributed by atoms with Crippen LogP contribution in [0.25, 0.3) is 0 Å². The zero-order chi connectivity index (χ0) is 15.6. The van der Waals surface area contributed by atoms with Crippen LogP contribution in [0.15, 0.2) is 41.7 Å². The molecule has 3 N–H and O–H groups in total. The second-order valence-electron chi connectivity index (χ2n) is 5.07. The van der Waals surface area contributed by atoms with Crippen LogP contribution < -0.4 is 15.8 Å². The monoisotopic (exact) mass is 297 g/mol. The summed E-state index contributed by atoms with van der Waals surface area (Å²) in [6.45, 7) is 4.70. The van der Waals surface area contributed by atoms with Crippen molar-refractivity contribution < 1.29 is 4.74 Å². The molecule has 1 aliphatic heterocycles. The number of nitrogens with two attached hydrogens (primary N) is 1. The van der Waals surface area contributed by atoms with E-state index in [9.17, 15) is 0 Å². The minimum Gasteiger partial charge on any atom is -0.493 e. The van der Waals surface area contributed by atoms with E-state index >= 15 is 0 Å². The number of fused-ring (bicyclic) bond motifs is 1. The molecule has 0 saturated heterocycles. The number of hydrogen-bond donors (Lipinski definition) is 2. The Labute approximate surface area is 129 Å². The first kappa shape index (κ1) is 14.5. The summed E-state index contributed by atoms with van der Waals surface area (Å²) in [6, 6.07) is 7.81. The van der Waals surface area contributed by atoms with Crippen LogP contribution in [0.4, 0.5) is 5.82 Å². The summed E-state index contributed by atoms with van der Waals surface area (Å²) in [6.07, 6.45) is 3.31. The number of hydrogen-bond acceptors (Lipinski definition) is 6. The number of rotatable bonds is 4. The summed E-state index contributed by atoms with van der Waals surface area (Å²) in [5, 5.41) is 3.15. The zero-order valence-electron chi connectivity index (χ0n) is 12.7. The summed E-state index contributed by atoms with van der Waals surface area (Å²) < 4.78 is 5.77. The van der Waals surface area contributed by atoms with E-state index in [-0.39, 0.29) is 6.54 Å². The maximum Gasteiger partial charge on any atom is 0.155 e. The maximum atomic E-state index is 6.15. The molecule has 0 amide bonds. The fourth-order valence-electron chi connectivity index (χ4n) is 2.80. The van der Waals surface area contributed by atoms with Crippen LogP contribution in [0.2, 0.25) is 0 Å². The lowest BCUT2D eigenvalue weighted by Gasteiger charge is -2.34. The van der Waals surface area contributed by atoms with Crippen LogP contribution in [0.5, 0.6) is 5.75 Å². The average molecular weight is 297 g/mol. The molecule has 1 aromatic carbocycles. The van der Waals surface area contributed by atoms with Gasteiger partial charge in [-0.2, -0.15) is 0 Å². The minimum atomic E-state index is -0.787. The molecular formula is C16H19N5O. The number of anilines is 1. The van der Waals surface area contributed by atoms with Crippen LogP contribution in [0.3, 0.4) is 0 Å². The van der Waals surface area contributed by atoms with E-state index in [0.29, 0.717) is 12.4 Å². The number of nitrogens with one attached hydrogen (secondary N) is 1. The Morgan fingerprint density at radius 1 is 1.23 bits per heavy atom. The Bertz CT molecular complexity index is 715. The Hall–Kier alpha value is -2.47. The van der Waals surface area contributed by atoms with Crippen molar-refractivity contribution in [2.24, 2.45) is 10.7 Å². The Morgan fingerprint density at radius 2 is 2.00 bits per heavy atom. The summed E-state index contributed by atoms with van der Waals surface area (Å²) in [4.78, 5) is 13.6.